The van der Waals surface area contributed by atoms with Crippen LogP contribution in [0.25, 0.3) is 0 Å². The second-order valence-corrected chi connectivity index (χ2v) is 9.70. The van der Waals surface area contributed by atoms with E-state index in [1.807, 2.05) is 0 Å². The number of benzene rings is 2. The van der Waals surface area contributed by atoms with Crippen molar-refractivity contribution >= 4 is 0 Å². The predicted molar refractivity (Wildman–Crippen MR) is 145 cm³/mol. The third-order valence-corrected chi connectivity index (χ3v) is 6.96. The van der Waals surface area contributed by atoms with E-state index in [0.717, 1.165) is 31.8 Å². The minimum Gasteiger partial charge on any atom is -0.494 e. The van der Waals surface area contributed by atoms with Crippen LogP contribution in [0.2, 0.25) is 0 Å². The van der Waals surface area contributed by atoms with Gasteiger partial charge in [0.05, 0.1) is 6.61 Å². The van der Waals surface area contributed by atoms with Gasteiger partial charge in [-0.15, -0.1) is 0 Å². The van der Waals surface area contributed by atoms with Crippen LogP contribution in [0, 0.1) is 0 Å². The van der Waals surface area contributed by atoms with Crippen LogP contribution >= 0.6 is 0 Å². The summed E-state index contributed by atoms with van der Waals surface area (Å²) in [5, 5.41) is 0. The van der Waals surface area contributed by atoms with E-state index in [1.54, 1.807) is 0 Å². The summed E-state index contributed by atoms with van der Waals surface area (Å²) >= 11 is 0. The van der Waals surface area contributed by atoms with Crippen LogP contribution in [-0.2, 0) is 10.3 Å². The van der Waals surface area contributed by atoms with E-state index < -0.39 is 5.60 Å². The molecular formula is C32H44O2. The van der Waals surface area contributed by atoms with E-state index in [0.29, 0.717) is 0 Å². The number of allylic oxidation sites excluding steroid dienone is 2. The monoisotopic (exact) mass is 460 g/mol. The third kappa shape index (κ3) is 6.85. The average molecular weight is 461 g/mol. The Bertz CT molecular complexity index is 910. The molecule has 2 aromatic carbocycles. The van der Waals surface area contributed by atoms with Crippen molar-refractivity contribution in [2.75, 3.05) is 13.2 Å². The van der Waals surface area contributed by atoms with Gasteiger partial charge in [-0.25, -0.2) is 0 Å². The lowest BCUT2D eigenvalue weighted by molar-refractivity contribution is 0.0112. The molecule has 3 rings (SSSR count). The first-order chi connectivity index (χ1) is 16.6. The SMILES string of the molecule is CCCCCCOc1ccc(C2C=C(C)C(OCCCCCC)(c3ccccc3)C=C2C)cc1. The number of hydrogen-bond acceptors (Lipinski definition) is 2. The van der Waals surface area contributed by atoms with Crippen molar-refractivity contribution in [3.63, 3.8) is 0 Å². The molecule has 2 heteroatoms. The van der Waals surface area contributed by atoms with Crippen LogP contribution in [0.4, 0.5) is 0 Å². The minimum atomic E-state index is -0.477. The van der Waals surface area contributed by atoms with Crippen LogP contribution in [-0.4, -0.2) is 13.2 Å². The van der Waals surface area contributed by atoms with Gasteiger partial charge in [-0.2, -0.15) is 0 Å². The van der Waals surface area contributed by atoms with Gasteiger partial charge in [0.2, 0.25) is 0 Å². The third-order valence-electron chi connectivity index (χ3n) is 6.96. The molecule has 0 fully saturated rings. The second kappa shape index (κ2) is 13.5. The topological polar surface area (TPSA) is 18.5 Å². The molecule has 1 aliphatic carbocycles. The number of hydrogen-bond donors (Lipinski definition) is 0. The van der Waals surface area contributed by atoms with Crippen molar-refractivity contribution in [3.8, 4) is 5.75 Å². The van der Waals surface area contributed by atoms with Crippen LogP contribution < -0.4 is 4.74 Å². The van der Waals surface area contributed by atoms with Gasteiger partial charge in [0.25, 0.3) is 0 Å². The molecular weight excluding hydrogens is 416 g/mol. The molecule has 0 N–H and O–H groups in total. The largest absolute Gasteiger partial charge is 0.494 e. The quantitative estimate of drug-likeness (QED) is 0.207. The summed E-state index contributed by atoms with van der Waals surface area (Å²) in [6.45, 7) is 10.5. The Hall–Kier alpha value is -2.32. The molecule has 0 heterocycles. The van der Waals surface area contributed by atoms with Crippen LogP contribution in [0.1, 0.15) is 96.1 Å². The molecule has 184 valence electrons. The van der Waals surface area contributed by atoms with Gasteiger partial charge in [0.1, 0.15) is 11.4 Å². The molecule has 34 heavy (non-hydrogen) atoms. The second-order valence-electron chi connectivity index (χ2n) is 9.70. The lowest BCUT2D eigenvalue weighted by Gasteiger charge is -2.38. The van der Waals surface area contributed by atoms with Gasteiger partial charge in [-0.3, -0.25) is 0 Å². The highest BCUT2D eigenvalue weighted by molar-refractivity contribution is 5.48. The van der Waals surface area contributed by atoms with E-state index >= 15 is 0 Å². The fourth-order valence-electron chi connectivity index (χ4n) is 4.88. The summed E-state index contributed by atoms with van der Waals surface area (Å²) in [5.74, 6) is 1.23. The van der Waals surface area contributed by atoms with E-state index in [-0.39, 0.29) is 5.92 Å². The molecule has 2 atom stereocenters. The molecule has 0 amide bonds. The zero-order valence-electron chi connectivity index (χ0n) is 21.8. The Kier molecular flexibility index (Phi) is 10.5. The highest BCUT2D eigenvalue weighted by Crippen LogP contribution is 2.44. The molecule has 2 unspecified atom stereocenters. The zero-order valence-corrected chi connectivity index (χ0v) is 21.8. The molecule has 0 aliphatic heterocycles. The Morgan fingerprint density at radius 1 is 0.735 bits per heavy atom. The smallest absolute Gasteiger partial charge is 0.132 e. The maximum absolute atomic E-state index is 6.70. The Morgan fingerprint density at radius 3 is 2.03 bits per heavy atom. The molecule has 2 aromatic rings. The maximum atomic E-state index is 6.70. The molecule has 0 saturated heterocycles. The van der Waals surface area contributed by atoms with E-state index in [1.165, 1.54) is 60.8 Å². The molecule has 0 spiro atoms. The van der Waals surface area contributed by atoms with Crippen molar-refractivity contribution in [3.05, 3.63) is 89.0 Å². The fraction of sp³-hybridized carbons (Fsp3) is 0.500. The number of unbranched alkanes of at least 4 members (excludes halogenated alkanes) is 6. The van der Waals surface area contributed by atoms with Crippen molar-refractivity contribution in [1.29, 1.82) is 0 Å². The molecule has 2 nitrogen and oxygen atoms in total. The first-order valence-corrected chi connectivity index (χ1v) is 13.4. The van der Waals surface area contributed by atoms with Gasteiger partial charge in [0, 0.05) is 12.5 Å². The average Bonchev–Trinajstić information content (AvgIpc) is 2.86. The van der Waals surface area contributed by atoms with Crippen LogP contribution in [0.3, 0.4) is 0 Å². The fourth-order valence-corrected chi connectivity index (χ4v) is 4.88. The van der Waals surface area contributed by atoms with Gasteiger partial charge < -0.3 is 9.47 Å². The van der Waals surface area contributed by atoms with Crippen LogP contribution in [0.5, 0.6) is 5.75 Å². The van der Waals surface area contributed by atoms with Crippen molar-refractivity contribution < 1.29 is 9.47 Å². The van der Waals surface area contributed by atoms with E-state index in [9.17, 15) is 0 Å². The normalized spacial score (nSPS) is 20.1. The van der Waals surface area contributed by atoms with Crippen molar-refractivity contribution in [2.24, 2.45) is 0 Å². The Morgan fingerprint density at radius 2 is 1.38 bits per heavy atom. The van der Waals surface area contributed by atoms with Gasteiger partial charge >= 0.3 is 0 Å². The number of rotatable bonds is 14. The van der Waals surface area contributed by atoms with Gasteiger partial charge in [-0.1, -0.05) is 106 Å². The minimum absolute atomic E-state index is 0.263. The zero-order chi connectivity index (χ0) is 24.2. The van der Waals surface area contributed by atoms with Crippen molar-refractivity contribution in [1.82, 2.24) is 0 Å². The van der Waals surface area contributed by atoms with E-state index in [4.69, 9.17) is 9.47 Å². The predicted octanol–water partition coefficient (Wildman–Crippen LogP) is 9.13. The lowest BCUT2D eigenvalue weighted by atomic mass is 9.75. The highest BCUT2D eigenvalue weighted by atomic mass is 16.5. The summed E-state index contributed by atoms with van der Waals surface area (Å²) in [7, 11) is 0. The highest BCUT2D eigenvalue weighted by Gasteiger charge is 2.37. The Balaban J connectivity index is 1.74. The summed E-state index contributed by atoms with van der Waals surface area (Å²) in [4.78, 5) is 0. The summed E-state index contributed by atoms with van der Waals surface area (Å²) in [5.41, 5.74) is 4.63. The molecule has 0 saturated carbocycles. The standard InChI is InChI=1S/C32H44O2/c1-5-7-9-14-22-33-30-20-18-28(19-21-30)31-24-27(4)32(25-26(31)3,29-16-12-11-13-17-29)34-23-15-10-8-6-2/h11-13,16-21,24-25,31H,5-10,14-15,22-23H2,1-4H3. The Labute approximate surface area is 208 Å². The first-order valence-electron chi connectivity index (χ1n) is 13.4. The van der Waals surface area contributed by atoms with Gasteiger partial charge in [0.15, 0.2) is 0 Å². The van der Waals surface area contributed by atoms with Crippen molar-refractivity contribution in [2.45, 2.75) is 90.6 Å². The van der Waals surface area contributed by atoms with Crippen LogP contribution in [0.15, 0.2) is 77.9 Å². The number of ether oxygens (including phenoxy) is 2. The molecule has 0 radical (unpaired) electrons. The summed E-state index contributed by atoms with van der Waals surface area (Å²) < 4.78 is 12.7. The van der Waals surface area contributed by atoms with E-state index in [2.05, 4.69) is 94.4 Å². The molecule has 0 bridgehead atoms. The summed E-state index contributed by atoms with van der Waals surface area (Å²) in [6.07, 6.45) is 14.5. The van der Waals surface area contributed by atoms with Gasteiger partial charge in [-0.05, 0) is 61.6 Å². The lowest BCUT2D eigenvalue weighted by Crippen LogP contribution is -2.33. The molecule has 1 aliphatic rings. The molecule has 0 aromatic heterocycles. The summed E-state index contributed by atoms with van der Waals surface area (Å²) in [6, 6.07) is 19.4. The first kappa shape index (κ1) is 26.3. The maximum Gasteiger partial charge on any atom is 0.132 e.